The van der Waals surface area contributed by atoms with Crippen molar-refractivity contribution in [3.63, 3.8) is 0 Å². The van der Waals surface area contributed by atoms with Crippen molar-refractivity contribution in [1.82, 2.24) is 9.80 Å². The van der Waals surface area contributed by atoms with Gasteiger partial charge in [0.15, 0.2) is 0 Å². The van der Waals surface area contributed by atoms with Crippen molar-refractivity contribution < 1.29 is 39.6 Å². The molecule has 0 aromatic carbocycles. The van der Waals surface area contributed by atoms with Crippen LogP contribution in [0.15, 0.2) is 0 Å². The van der Waals surface area contributed by atoms with Crippen LogP contribution in [0.3, 0.4) is 0 Å². The standard InChI is InChI=1S/C11H18N2O8.2Ca/c14-8(15)4-12(5-9(16)17)2-1-3-13(6-10(18)19)7-11(20)21;;/h1-7H2,(H,14,15)(H,16,17)(H,18,19)(H,20,21);;/q;2*+2/p-4. The molecule has 0 spiro atoms. The zero-order valence-corrected chi connectivity index (χ0v) is 16.9. The molecule has 0 atom stereocenters. The summed E-state index contributed by atoms with van der Waals surface area (Å²) in [5, 5.41) is 41.7. The number of carbonyl (C=O) groups excluding carboxylic acids is 4. The Morgan fingerprint density at radius 1 is 0.565 bits per heavy atom. The van der Waals surface area contributed by atoms with Gasteiger partial charge in [0.25, 0.3) is 0 Å². The average Bonchev–Trinajstić information content (AvgIpc) is 2.24. The van der Waals surface area contributed by atoms with Crippen LogP contribution in [0.5, 0.6) is 0 Å². The van der Waals surface area contributed by atoms with E-state index in [1.54, 1.807) is 0 Å². The second-order valence-corrected chi connectivity index (χ2v) is 4.26. The minimum absolute atomic E-state index is 0. The van der Waals surface area contributed by atoms with Gasteiger partial charge in [-0.1, -0.05) is 0 Å². The quantitative estimate of drug-likeness (QED) is 0.296. The zero-order valence-electron chi connectivity index (χ0n) is 12.5. The minimum Gasteiger partial charge on any atom is -0.549 e. The van der Waals surface area contributed by atoms with Gasteiger partial charge in [-0.25, -0.2) is 0 Å². The predicted molar refractivity (Wildman–Crippen MR) is 69.0 cm³/mol. The summed E-state index contributed by atoms with van der Waals surface area (Å²) in [5.41, 5.74) is 0. The van der Waals surface area contributed by atoms with Gasteiger partial charge >= 0.3 is 75.5 Å². The van der Waals surface area contributed by atoms with E-state index < -0.39 is 50.1 Å². The van der Waals surface area contributed by atoms with Crippen LogP contribution >= 0.6 is 0 Å². The van der Waals surface area contributed by atoms with Crippen molar-refractivity contribution in [3.8, 4) is 0 Å². The predicted octanol–water partition coefficient (Wildman–Crippen LogP) is -7.78. The van der Waals surface area contributed by atoms with E-state index in [4.69, 9.17) is 0 Å². The molecule has 120 valence electrons. The van der Waals surface area contributed by atoms with Gasteiger partial charge in [0.2, 0.25) is 0 Å². The Kier molecular flexibility index (Phi) is 19.4. The molecule has 0 radical (unpaired) electrons. The molecule has 0 bridgehead atoms. The number of carboxylic acids is 4. The summed E-state index contributed by atoms with van der Waals surface area (Å²) in [6, 6.07) is 0. The van der Waals surface area contributed by atoms with E-state index in [1.165, 1.54) is 0 Å². The number of hydrogen-bond acceptors (Lipinski definition) is 10. The second-order valence-electron chi connectivity index (χ2n) is 4.26. The first-order valence-electron chi connectivity index (χ1n) is 5.94. The molecule has 0 saturated heterocycles. The first-order chi connectivity index (χ1) is 9.70. The Balaban J connectivity index is -0.00000200. The molecular formula is C11H14Ca2N2O8. The fourth-order valence-electron chi connectivity index (χ4n) is 1.68. The summed E-state index contributed by atoms with van der Waals surface area (Å²) >= 11 is 0. The van der Waals surface area contributed by atoms with E-state index in [0.717, 1.165) is 9.80 Å². The molecular weight excluding hydrogens is 368 g/mol. The smallest absolute Gasteiger partial charge is 0.549 e. The summed E-state index contributed by atoms with van der Waals surface area (Å²) in [4.78, 5) is 43.8. The van der Waals surface area contributed by atoms with Crippen LogP contribution in [0.2, 0.25) is 0 Å². The van der Waals surface area contributed by atoms with Crippen LogP contribution in [0, 0.1) is 0 Å². The Labute approximate surface area is 192 Å². The molecule has 10 nitrogen and oxygen atoms in total. The number of aliphatic carboxylic acids is 4. The number of rotatable bonds is 12. The number of hydrogen-bond donors (Lipinski definition) is 0. The van der Waals surface area contributed by atoms with Crippen molar-refractivity contribution in [3.05, 3.63) is 0 Å². The summed E-state index contributed by atoms with van der Waals surface area (Å²) in [6.45, 7) is -2.55. The van der Waals surface area contributed by atoms with E-state index in [0.29, 0.717) is 0 Å². The van der Waals surface area contributed by atoms with Crippen LogP contribution < -0.4 is 20.4 Å². The van der Waals surface area contributed by atoms with Gasteiger partial charge in [0, 0.05) is 39.3 Å². The molecule has 0 unspecified atom stereocenters. The van der Waals surface area contributed by atoms with Crippen molar-refractivity contribution >= 4 is 99.4 Å². The molecule has 0 aliphatic heterocycles. The first-order valence-corrected chi connectivity index (χ1v) is 5.94. The molecule has 0 aliphatic carbocycles. The Morgan fingerprint density at radius 2 is 0.783 bits per heavy atom. The number of carbonyl (C=O) groups is 4. The van der Waals surface area contributed by atoms with Crippen LogP contribution in [0.25, 0.3) is 0 Å². The maximum absolute atomic E-state index is 10.4. The van der Waals surface area contributed by atoms with E-state index in [-0.39, 0.29) is 95.0 Å². The topological polar surface area (TPSA) is 167 Å². The van der Waals surface area contributed by atoms with Gasteiger partial charge in [-0.15, -0.1) is 0 Å². The molecule has 0 fully saturated rings. The molecule has 0 N–H and O–H groups in total. The zero-order chi connectivity index (χ0) is 16.4. The van der Waals surface area contributed by atoms with Gasteiger partial charge in [-0.3, -0.25) is 9.80 Å². The van der Waals surface area contributed by atoms with Crippen molar-refractivity contribution in [2.45, 2.75) is 6.42 Å². The average molecular weight is 382 g/mol. The maximum atomic E-state index is 10.4. The third kappa shape index (κ3) is 18.5. The molecule has 0 aromatic heterocycles. The maximum Gasteiger partial charge on any atom is 2.00 e. The van der Waals surface area contributed by atoms with E-state index >= 15 is 0 Å². The van der Waals surface area contributed by atoms with Gasteiger partial charge in [0.05, 0.1) is 23.9 Å². The molecule has 23 heavy (non-hydrogen) atoms. The van der Waals surface area contributed by atoms with Gasteiger partial charge in [-0.2, -0.15) is 0 Å². The Morgan fingerprint density at radius 3 is 0.957 bits per heavy atom. The summed E-state index contributed by atoms with van der Waals surface area (Å²) in [5.74, 6) is -5.90. The van der Waals surface area contributed by atoms with Gasteiger partial charge in [-0.05, 0) is 6.42 Å². The van der Waals surface area contributed by atoms with Gasteiger partial charge < -0.3 is 39.6 Å². The third-order valence-electron chi connectivity index (χ3n) is 2.36. The van der Waals surface area contributed by atoms with E-state index in [9.17, 15) is 39.6 Å². The fourth-order valence-corrected chi connectivity index (χ4v) is 1.68. The summed E-state index contributed by atoms with van der Waals surface area (Å²) in [6.07, 6.45) is 0.140. The Hall–Kier alpha value is 0.319. The molecule has 0 rings (SSSR count). The molecule has 0 aromatic rings. The van der Waals surface area contributed by atoms with Crippen molar-refractivity contribution in [2.75, 3.05) is 39.3 Å². The largest absolute Gasteiger partial charge is 2.00 e. The number of carboxylic acid groups (broad SMARTS) is 4. The molecule has 0 saturated carbocycles. The molecule has 0 amide bonds. The normalized spacial score (nSPS) is 9.83. The van der Waals surface area contributed by atoms with Crippen molar-refractivity contribution in [1.29, 1.82) is 0 Å². The molecule has 12 heteroatoms. The van der Waals surface area contributed by atoms with Crippen LogP contribution in [0.1, 0.15) is 6.42 Å². The monoisotopic (exact) mass is 382 g/mol. The summed E-state index contributed by atoms with van der Waals surface area (Å²) < 4.78 is 0. The van der Waals surface area contributed by atoms with E-state index in [1.807, 2.05) is 0 Å². The van der Waals surface area contributed by atoms with Crippen LogP contribution in [0.4, 0.5) is 0 Å². The molecule has 0 aliphatic rings. The summed E-state index contributed by atoms with van der Waals surface area (Å²) in [7, 11) is 0. The second kappa shape index (κ2) is 15.8. The van der Waals surface area contributed by atoms with Crippen LogP contribution in [-0.2, 0) is 19.2 Å². The number of nitrogens with zero attached hydrogens (tertiary/aromatic N) is 2. The first kappa shape index (κ1) is 28.1. The SMILES string of the molecule is O=C([O-])CN(CCCN(CC(=O)[O-])CC(=O)[O-])CC(=O)[O-].[Ca+2].[Ca+2]. The minimum atomic E-state index is -1.47. The van der Waals surface area contributed by atoms with Crippen molar-refractivity contribution in [2.24, 2.45) is 0 Å². The van der Waals surface area contributed by atoms with E-state index in [2.05, 4.69) is 0 Å². The van der Waals surface area contributed by atoms with Gasteiger partial charge in [0.1, 0.15) is 0 Å². The fraction of sp³-hybridized carbons (Fsp3) is 0.636. The molecule has 0 heterocycles. The third-order valence-corrected chi connectivity index (χ3v) is 2.36. The Bertz CT molecular complexity index is 339. The van der Waals surface area contributed by atoms with Crippen LogP contribution in [-0.4, -0.2) is 148 Å².